The molecule has 0 radical (unpaired) electrons. The minimum absolute atomic E-state index is 0.00916. The average Bonchev–Trinajstić information content (AvgIpc) is 2.80. The molecule has 0 bridgehead atoms. The Morgan fingerprint density at radius 2 is 1.97 bits per heavy atom. The van der Waals surface area contributed by atoms with Gasteiger partial charge in [-0.25, -0.2) is 0 Å². The number of hydrogen-bond acceptors (Lipinski definition) is 5. The first-order valence-corrected chi connectivity index (χ1v) is 11.2. The lowest BCUT2D eigenvalue weighted by Crippen LogP contribution is -2.47. The summed E-state index contributed by atoms with van der Waals surface area (Å²) in [6, 6.07) is 15.7. The maximum atomic E-state index is 12.6. The predicted molar refractivity (Wildman–Crippen MR) is 128 cm³/mol. The summed E-state index contributed by atoms with van der Waals surface area (Å²) < 4.78 is 0. The van der Waals surface area contributed by atoms with E-state index < -0.39 is 0 Å². The SMILES string of the molecule is C=C1CCc2cc(O)ccc2N1C1CCN(CC(=O)Nc2ccc3ncccc3c2)CC1. The molecule has 164 valence electrons. The van der Waals surface area contributed by atoms with Crippen molar-refractivity contribution in [1.82, 2.24) is 9.88 Å². The zero-order chi connectivity index (χ0) is 22.1. The fourth-order valence-corrected chi connectivity index (χ4v) is 4.92. The Morgan fingerprint density at radius 3 is 2.81 bits per heavy atom. The number of carbonyl (C=O) groups excluding carboxylic acids is 1. The van der Waals surface area contributed by atoms with Gasteiger partial charge in [0.05, 0.1) is 12.1 Å². The molecule has 3 heterocycles. The summed E-state index contributed by atoms with van der Waals surface area (Å²) in [5.74, 6) is 0.328. The first-order chi connectivity index (χ1) is 15.6. The zero-order valence-electron chi connectivity index (χ0n) is 18.1. The second kappa shape index (κ2) is 8.63. The van der Waals surface area contributed by atoms with Gasteiger partial charge >= 0.3 is 0 Å². The van der Waals surface area contributed by atoms with Crippen molar-refractivity contribution >= 4 is 28.2 Å². The normalized spacial score (nSPS) is 17.4. The number of benzene rings is 2. The van der Waals surface area contributed by atoms with Crippen molar-refractivity contribution in [3.8, 4) is 5.75 Å². The van der Waals surface area contributed by atoms with Gasteiger partial charge < -0.3 is 15.3 Å². The Kier molecular flexibility index (Phi) is 5.53. The maximum Gasteiger partial charge on any atom is 0.238 e. The van der Waals surface area contributed by atoms with Gasteiger partial charge in [0.1, 0.15) is 5.75 Å². The van der Waals surface area contributed by atoms with Crippen LogP contribution in [0.4, 0.5) is 11.4 Å². The monoisotopic (exact) mass is 428 g/mol. The van der Waals surface area contributed by atoms with Gasteiger partial charge in [0, 0.05) is 47.8 Å². The molecule has 2 aromatic carbocycles. The molecule has 0 saturated carbocycles. The number of piperidine rings is 1. The molecule has 5 rings (SSSR count). The fourth-order valence-electron chi connectivity index (χ4n) is 4.92. The first kappa shape index (κ1) is 20.5. The van der Waals surface area contributed by atoms with E-state index in [-0.39, 0.29) is 5.91 Å². The summed E-state index contributed by atoms with van der Waals surface area (Å²) in [6.45, 7) is 6.45. The van der Waals surface area contributed by atoms with Crippen molar-refractivity contribution in [3.63, 3.8) is 0 Å². The van der Waals surface area contributed by atoms with Crippen molar-refractivity contribution in [2.45, 2.75) is 31.7 Å². The van der Waals surface area contributed by atoms with Gasteiger partial charge in [-0.05, 0) is 73.7 Å². The van der Waals surface area contributed by atoms with Crippen LogP contribution in [-0.4, -0.2) is 46.6 Å². The number of nitrogens with one attached hydrogen (secondary N) is 1. The third-order valence-electron chi connectivity index (χ3n) is 6.52. The Hall–Kier alpha value is -3.38. The highest BCUT2D eigenvalue weighted by Crippen LogP contribution is 2.37. The number of aromatic nitrogens is 1. The van der Waals surface area contributed by atoms with Gasteiger partial charge in [-0.15, -0.1) is 0 Å². The largest absolute Gasteiger partial charge is 0.508 e. The first-order valence-electron chi connectivity index (χ1n) is 11.2. The Labute approximate surface area is 188 Å². The number of aromatic hydroxyl groups is 1. The summed E-state index contributed by atoms with van der Waals surface area (Å²) in [4.78, 5) is 21.5. The highest BCUT2D eigenvalue weighted by atomic mass is 16.3. The van der Waals surface area contributed by atoms with Crippen LogP contribution in [0.3, 0.4) is 0 Å². The molecule has 0 unspecified atom stereocenters. The number of anilines is 2. The average molecular weight is 429 g/mol. The second-order valence-electron chi connectivity index (χ2n) is 8.72. The molecular weight excluding hydrogens is 400 g/mol. The smallest absolute Gasteiger partial charge is 0.238 e. The molecule has 0 atom stereocenters. The van der Waals surface area contributed by atoms with E-state index in [0.29, 0.717) is 18.3 Å². The number of hydrogen-bond donors (Lipinski definition) is 2. The summed E-state index contributed by atoms with van der Waals surface area (Å²) in [7, 11) is 0. The minimum atomic E-state index is 0.00916. The number of allylic oxidation sites excluding steroid dienone is 1. The van der Waals surface area contributed by atoms with Gasteiger partial charge in [0.2, 0.25) is 5.91 Å². The van der Waals surface area contributed by atoms with E-state index in [0.717, 1.165) is 61.1 Å². The molecule has 1 saturated heterocycles. The van der Waals surface area contributed by atoms with E-state index in [9.17, 15) is 9.90 Å². The number of pyridine rings is 1. The summed E-state index contributed by atoms with van der Waals surface area (Å²) in [6.07, 6.45) is 5.57. The van der Waals surface area contributed by atoms with Crippen LogP contribution >= 0.6 is 0 Å². The van der Waals surface area contributed by atoms with E-state index in [2.05, 4.69) is 26.7 Å². The van der Waals surface area contributed by atoms with E-state index in [1.54, 1.807) is 12.3 Å². The van der Waals surface area contributed by atoms with Crippen molar-refractivity contribution < 1.29 is 9.90 Å². The molecule has 1 amide bonds. The second-order valence-corrected chi connectivity index (χ2v) is 8.72. The molecule has 0 spiro atoms. The summed E-state index contributed by atoms with van der Waals surface area (Å²) >= 11 is 0. The number of carbonyl (C=O) groups is 1. The van der Waals surface area contributed by atoms with Crippen LogP contribution < -0.4 is 10.2 Å². The van der Waals surface area contributed by atoms with Gasteiger partial charge in [-0.3, -0.25) is 14.7 Å². The molecule has 32 heavy (non-hydrogen) atoms. The Bertz CT molecular complexity index is 1170. The van der Waals surface area contributed by atoms with Crippen LogP contribution in [0.15, 0.2) is 67.0 Å². The van der Waals surface area contributed by atoms with Crippen LogP contribution in [0.2, 0.25) is 0 Å². The van der Waals surface area contributed by atoms with E-state index in [4.69, 9.17) is 0 Å². The third-order valence-corrected chi connectivity index (χ3v) is 6.52. The molecule has 6 nitrogen and oxygen atoms in total. The molecule has 0 aliphatic carbocycles. The Morgan fingerprint density at radius 1 is 1.12 bits per heavy atom. The third kappa shape index (κ3) is 4.18. The lowest BCUT2D eigenvalue weighted by Gasteiger charge is -2.43. The van der Waals surface area contributed by atoms with Crippen LogP contribution in [-0.2, 0) is 11.2 Å². The Balaban J connectivity index is 1.19. The summed E-state index contributed by atoms with van der Waals surface area (Å²) in [5, 5.41) is 13.9. The number of phenols is 1. The molecule has 1 fully saturated rings. The van der Waals surface area contributed by atoms with Gasteiger partial charge in [-0.1, -0.05) is 12.6 Å². The van der Waals surface area contributed by atoms with Gasteiger partial charge in [0.15, 0.2) is 0 Å². The standard InChI is InChI=1S/C26H28N4O2/c1-18-4-5-20-16-23(31)7-9-25(20)30(18)22-10-13-29(14-11-22)17-26(32)28-21-6-8-24-19(15-21)3-2-12-27-24/h2-3,6-9,12,15-16,22,31H,1,4-5,10-11,13-14,17H2,(H,28,32). The summed E-state index contributed by atoms with van der Waals surface area (Å²) in [5.41, 5.74) is 5.22. The number of nitrogens with zero attached hydrogens (tertiary/aromatic N) is 3. The molecule has 2 N–H and O–H groups in total. The van der Waals surface area contributed by atoms with Crippen molar-refractivity contribution in [3.05, 3.63) is 72.6 Å². The van der Waals surface area contributed by atoms with Crippen LogP contribution in [0, 0.1) is 0 Å². The number of likely N-dealkylation sites (tertiary alicyclic amines) is 1. The number of amides is 1. The molecular formula is C26H28N4O2. The van der Waals surface area contributed by atoms with E-state index in [1.165, 1.54) is 11.3 Å². The lowest BCUT2D eigenvalue weighted by molar-refractivity contribution is -0.117. The zero-order valence-corrected chi connectivity index (χ0v) is 18.1. The molecule has 2 aliphatic heterocycles. The fraction of sp³-hybridized carbons (Fsp3) is 0.308. The quantitative estimate of drug-likeness (QED) is 0.648. The molecule has 6 heteroatoms. The minimum Gasteiger partial charge on any atom is -0.508 e. The lowest BCUT2D eigenvalue weighted by atomic mass is 9.94. The number of phenolic OH excluding ortho intramolecular Hbond substituents is 1. The van der Waals surface area contributed by atoms with Crippen LogP contribution in [0.25, 0.3) is 10.9 Å². The highest BCUT2D eigenvalue weighted by molar-refractivity contribution is 5.94. The predicted octanol–water partition coefficient (Wildman–Crippen LogP) is 4.31. The van der Waals surface area contributed by atoms with E-state index >= 15 is 0 Å². The van der Waals surface area contributed by atoms with Gasteiger partial charge in [-0.2, -0.15) is 0 Å². The topological polar surface area (TPSA) is 68.7 Å². The van der Waals surface area contributed by atoms with Gasteiger partial charge in [0.25, 0.3) is 0 Å². The molecule has 3 aromatic rings. The highest BCUT2D eigenvalue weighted by Gasteiger charge is 2.30. The van der Waals surface area contributed by atoms with Crippen molar-refractivity contribution in [2.75, 3.05) is 29.9 Å². The molecule has 1 aromatic heterocycles. The number of fused-ring (bicyclic) bond motifs is 2. The molecule has 2 aliphatic rings. The van der Waals surface area contributed by atoms with Crippen molar-refractivity contribution in [1.29, 1.82) is 0 Å². The van der Waals surface area contributed by atoms with Crippen LogP contribution in [0.5, 0.6) is 5.75 Å². The number of rotatable bonds is 4. The van der Waals surface area contributed by atoms with Crippen LogP contribution in [0.1, 0.15) is 24.8 Å². The van der Waals surface area contributed by atoms with Crippen molar-refractivity contribution in [2.24, 2.45) is 0 Å². The van der Waals surface area contributed by atoms with E-state index in [1.807, 2.05) is 42.5 Å². The maximum absolute atomic E-state index is 12.6. The number of aryl methyl sites for hydroxylation is 1.